The van der Waals surface area contributed by atoms with Crippen LogP contribution in [0.1, 0.15) is 12.6 Å². The molecule has 0 amide bonds. The van der Waals surface area contributed by atoms with Gasteiger partial charge >= 0.3 is 0 Å². The topological polar surface area (TPSA) is 70.3 Å². The lowest BCUT2D eigenvalue weighted by atomic mass is 10.2. The van der Waals surface area contributed by atoms with Crippen molar-refractivity contribution in [1.29, 1.82) is 0 Å². The van der Waals surface area contributed by atoms with Gasteiger partial charge in [0.2, 0.25) is 5.95 Å². The van der Waals surface area contributed by atoms with E-state index in [4.69, 9.17) is 4.42 Å². The standard InChI is InChI=1S/C18H22N6O/c1-3-19-18-21-13(2)12-16(22-18)23-7-9-24(10-8-23)17-14-5-11-25-15(14)4-6-20-17/h4-6,11-12H,3,7-10H2,1-2H3,(H,19,21,22). The number of anilines is 3. The molecule has 0 saturated carbocycles. The van der Waals surface area contributed by atoms with E-state index >= 15 is 0 Å². The van der Waals surface area contributed by atoms with Crippen molar-refractivity contribution >= 4 is 28.6 Å². The number of hydrogen-bond donors (Lipinski definition) is 1. The molecule has 0 aliphatic carbocycles. The monoisotopic (exact) mass is 338 g/mol. The van der Waals surface area contributed by atoms with E-state index in [2.05, 4.69) is 30.1 Å². The van der Waals surface area contributed by atoms with Gasteiger partial charge in [0.15, 0.2) is 0 Å². The molecule has 130 valence electrons. The summed E-state index contributed by atoms with van der Waals surface area (Å²) in [6.07, 6.45) is 3.53. The quantitative estimate of drug-likeness (QED) is 0.784. The van der Waals surface area contributed by atoms with Crippen molar-refractivity contribution in [2.75, 3.05) is 47.8 Å². The van der Waals surface area contributed by atoms with Gasteiger partial charge in [-0.3, -0.25) is 0 Å². The van der Waals surface area contributed by atoms with Gasteiger partial charge in [0.25, 0.3) is 0 Å². The molecule has 1 aliphatic rings. The van der Waals surface area contributed by atoms with E-state index in [-0.39, 0.29) is 0 Å². The molecule has 4 rings (SSSR count). The molecular weight excluding hydrogens is 316 g/mol. The third-order valence-corrected chi connectivity index (χ3v) is 4.44. The summed E-state index contributed by atoms with van der Waals surface area (Å²) in [6.45, 7) is 8.47. The predicted molar refractivity (Wildman–Crippen MR) is 99.4 cm³/mol. The van der Waals surface area contributed by atoms with Crippen LogP contribution in [0, 0.1) is 6.92 Å². The Morgan fingerprint density at radius 1 is 1.12 bits per heavy atom. The van der Waals surface area contributed by atoms with Crippen LogP contribution in [0.25, 0.3) is 11.0 Å². The first-order chi connectivity index (χ1) is 12.2. The normalized spacial score (nSPS) is 15.0. The molecule has 0 atom stereocenters. The summed E-state index contributed by atoms with van der Waals surface area (Å²) >= 11 is 0. The van der Waals surface area contributed by atoms with Crippen LogP contribution in [0.4, 0.5) is 17.6 Å². The molecule has 0 bridgehead atoms. The molecule has 0 radical (unpaired) electrons. The maximum Gasteiger partial charge on any atom is 0.224 e. The zero-order chi connectivity index (χ0) is 17.2. The van der Waals surface area contributed by atoms with Gasteiger partial charge in [-0.2, -0.15) is 4.98 Å². The maximum atomic E-state index is 5.49. The predicted octanol–water partition coefficient (Wildman–Crippen LogP) is 2.68. The van der Waals surface area contributed by atoms with Gasteiger partial charge in [0.1, 0.15) is 17.2 Å². The summed E-state index contributed by atoms with van der Waals surface area (Å²) in [4.78, 5) is 18.3. The number of aryl methyl sites for hydroxylation is 1. The second-order valence-corrected chi connectivity index (χ2v) is 6.16. The van der Waals surface area contributed by atoms with Crippen molar-refractivity contribution in [1.82, 2.24) is 15.0 Å². The van der Waals surface area contributed by atoms with Crippen molar-refractivity contribution in [3.63, 3.8) is 0 Å². The van der Waals surface area contributed by atoms with Crippen molar-refractivity contribution in [2.24, 2.45) is 0 Å². The van der Waals surface area contributed by atoms with E-state index in [9.17, 15) is 0 Å². The van der Waals surface area contributed by atoms with Crippen LogP contribution >= 0.6 is 0 Å². The Labute approximate surface area is 146 Å². The van der Waals surface area contributed by atoms with E-state index in [1.54, 1.807) is 6.26 Å². The number of nitrogens with one attached hydrogen (secondary N) is 1. The first-order valence-electron chi connectivity index (χ1n) is 8.66. The van der Waals surface area contributed by atoms with Crippen LogP contribution in [-0.4, -0.2) is 47.7 Å². The third kappa shape index (κ3) is 3.09. The zero-order valence-corrected chi connectivity index (χ0v) is 14.6. The number of furan rings is 1. The van der Waals surface area contributed by atoms with Gasteiger partial charge in [-0.1, -0.05) is 0 Å². The Kier molecular flexibility index (Phi) is 4.13. The molecule has 1 saturated heterocycles. The lowest BCUT2D eigenvalue weighted by Gasteiger charge is -2.36. The van der Waals surface area contributed by atoms with Crippen LogP contribution in [0.2, 0.25) is 0 Å². The molecular formula is C18H22N6O. The van der Waals surface area contributed by atoms with E-state index in [0.29, 0.717) is 5.95 Å². The third-order valence-electron chi connectivity index (χ3n) is 4.44. The Morgan fingerprint density at radius 3 is 2.72 bits per heavy atom. The van der Waals surface area contributed by atoms with Gasteiger partial charge in [-0.15, -0.1) is 0 Å². The summed E-state index contributed by atoms with van der Waals surface area (Å²) in [5, 5.41) is 4.27. The van der Waals surface area contributed by atoms with Crippen molar-refractivity contribution in [2.45, 2.75) is 13.8 Å². The first-order valence-corrected chi connectivity index (χ1v) is 8.66. The molecule has 1 N–H and O–H groups in total. The summed E-state index contributed by atoms with van der Waals surface area (Å²) in [5.41, 5.74) is 1.86. The molecule has 4 heterocycles. The highest BCUT2D eigenvalue weighted by Gasteiger charge is 2.21. The van der Waals surface area contributed by atoms with Gasteiger partial charge in [0, 0.05) is 50.7 Å². The number of fused-ring (bicyclic) bond motifs is 1. The average Bonchev–Trinajstić information content (AvgIpc) is 3.10. The Morgan fingerprint density at radius 2 is 1.92 bits per heavy atom. The van der Waals surface area contributed by atoms with E-state index < -0.39 is 0 Å². The number of rotatable bonds is 4. The molecule has 0 unspecified atom stereocenters. The minimum absolute atomic E-state index is 0.699. The molecule has 7 heteroatoms. The average molecular weight is 338 g/mol. The van der Waals surface area contributed by atoms with Gasteiger partial charge in [0.05, 0.1) is 11.6 Å². The van der Waals surface area contributed by atoms with Gasteiger partial charge < -0.3 is 19.5 Å². The summed E-state index contributed by atoms with van der Waals surface area (Å²) in [6, 6.07) is 5.94. The number of piperazine rings is 1. The van der Waals surface area contributed by atoms with Crippen LogP contribution in [-0.2, 0) is 0 Å². The molecule has 7 nitrogen and oxygen atoms in total. The lowest BCUT2D eigenvalue weighted by molar-refractivity contribution is 0.614. The highest BCUT2D eigenvalue weighted by Crippen LogP contribution is 2.27. The van der Waals surface area contributed by atoms with Crippen LogP contribution in [0.5, 0.6) is 0 Å². The number of pyridine rings is 1. The van der Waals surface area contributed by atoms with E-state index in [1.165, 1.54) is 0 Å². The summed E-state index contributed by atoms with van der Waals surface area (Å²) in [7, 11) is 0. The van der Waals surface area contributed by atoms with Crippen LogP contribution in [0.3, 0.4) is 0 Å². The Balaban J connectivity index is 1.51. The fourth-order valence-electron chi connectivity index (χ4n) is 3.23. The molecule has 25 heavy (non-hydrogen) atoms. The van der Waals surface area contributed by atoms with Crippen LogP contribution in [0.15, 0.2) is 35.1 Å². The molecule has 1 aliphatic heterocycles. The van der Waals surface area contributed by atoms with Crippen molar-refractivity contribution in [3.8, 4) is 0 Å². The maximum absolute atomic E-state index is 5.49. The van der Waals surface area contributed by atoms with Crippen LogP contribution < -0.4 is 15.1 Å². The largest absolute Gasteiger partial charge is 0.464 e. The smallest absolute Gasteiger partial charge is 0.224 e. The Hall–Kier alpha value is -2.83. The lowest BCUT2D eigenvalue weighted by Crippen LogP contribution is -2.47. The van der Waals surface area contributed by atoms with Gasteiger partial charge in [-0.25, -0.2) is 9.97 Å². The highest BCUT2D eigenvalue weighted by molar-refractivity contribution is 5.88. The minimum atomic E-state index is 0.699. The number of aromatic nitrogens is 3. The van der Waals surface area contributed by atoms with Gasteiger partial charge in [-0.05, 0) is 26.0 Å². The summed E-state index contributed by atoms with van der Waals surface area (Å²) < 4.78 is 5.49. The molecule has 0 aromatic carbocycles. The fourth-order valence-corrected chi connectivity index (χ4v) is 3.23. The SMILES string of the molecule is CCNc1nc(C)cc(N2CCN(c3nccc4occc34)CC2)n1. The second-order valence-electron chi connectivity index (χ2n) is 6.16. The summed E-state index contributed by atoms with van der Waals surface area (Å²) in [5.74, 6) is 2.68. The second kappa shape index (κ2) is 6.58. The zero-order valence-electron chi connectivity index (χ0n) is 14.6. The highest BCUT2D eigenvalue weighted by atomic mass is 16.3. The van der Waals surface area contributed by atoms with E-state index in [0.717, 1.165) is 61.0 Å². The first kappa shape index (κ1) is 15.7. The molecule has 3 aromatic heterocycles. The number of hydrogen-bond acceptors (Lipinski definition) is 7. The van der Waals surface area contributed by atoms with Crippen molar-refractivity contribution in [3.05, 3.63) is 36.4 Å². The van der Waals surface area contributed by atoms with Crippen molar-refractivity contribution < 1.29 is 4.42 Å². The number of nitrogens with zero attached hydrogens (tertiary/aromatic N) is 5. The minimum Gasteiger partial charge on any atom is -0.464 e. The molecule has 0 spiro atoms. The van der Waals surface area contributed by atoms with E-state index in [1.807, 2.05) is 38.2 Å². The molecule has 3 aromatic rings. The Bertz CT molecular complexity index is 869. The fraction of sp³-hybridized carbons (Fsp3) is 0.389. The molecule has 1 fully saturated rings.